The van der Waals surface area contributed by atoms with Gasteiger partial charge in [-0.15, -0.1) is 0 Å². The predicted octanol–water partition coefficient (Wildman–Crippen LogP) is 2.90. The van der Waals surface area contributed by atoms with Crippen molar-refractivity contribution in [2.45, 2.75) is 25.1 Å². The Morgan fingerprint density at radius 2 is 1.85 bits per heavy atom. The van der Waals surface area contributed by atoms with Crippen LogP contribution in [0.15, 0.2) is 43.1 Å². The molecule has 1 N–H and O–H groups in total. The number of nitrogens with one attached hydrogen (secondary N) is 1. The summed E-state index contributed by atoms with van der Waals surface area (Å²) in [5, 5.41) is 1.41. The van der Waals surface area contributed by atoms with Gasteiger partial charge in [0.1, 0.15) is 17.1 Å². The van der Waals surface area contributed by atoms with Crippen molar-refractivity contribution in [1.82, 2.24) is 24.8 Å². The summed E-state index contributed by atoms with van der Waals surface area (Å²) < 4.78 is 47.0. The van der Waals surface area contributed by atoms with E-state index in [1.807, 2.05) is 7.05 Å². The molecule has 0 atom stereocenters. The van der Waals surface area contributed by atoms with Crippen LogP contribution < -0.4 is 15.1 Å². The summed E-state index contributed by atoms with van der Waals surface area (Å²) in [5.74, 6) is -0.572. The van der Waals surface area contributed by atoms with E-state index in [0.29, 0.717) is 24.2 Å². The van der Waals surface area contributed by atoms with Crippen LogP contribution in [0.3, 0.4) is 0 Å². The molecule has 0 unspecified atom stereocenters. The first kappa shape index (κ1) is 28.1. The minimum Gasteiger partial charge on any atom is -0.497 e. The molecule has 2 aliphatic heterocycles. The largest absolute Gasteiger partial charge is 0.497 e. The number of ether oxygens (including phenoxy) is 1. The second-order valence-electron chi connectivity index (χ2n) is 9.50. The van der Waals surface area contributed by atoms with Gasteiger partial charge in [-0.25, -0.2) is 9.99 Å². The first-order chi connectivity index (χ1) is 18.6. The van der Waals surface area contributed by atoms with Crippen LogP contribution in [0.4, 0.5) is 24.9 Å². The molecule has 2 fully saturated rings. The molecule has 1 aromatic carbocycles. The van der Waals surface area contributed by atoms with Gasteiger partial charge >= 0.3 is 6.18 Å². The minimum atomic E-state index is -4.69. The molecule has 13 heteroatoms. The van der Waals surface area contributed by atoms with Crippen molar-refractivity contribution in [3.05, 3.63) is 54.2 Å². The highest BCUT2D eigenvalue weighted by atomic mass is 19.4. The molecule has 2 amide bonds. The number of rotatable bonds is 7. The van der Waals surface area contributed by atoms with E-state index in [9.17, 15) is 22.8 Å². The topological polar surface area (TPSA) is 94.1 Å². The molecule has 2 aromatic rings. The summed E-state index contributed by atoms with van der Waals surface area (Å²) in [4.78, 5) is 38.9. The highest BCUT2D eigenvalue weighted by Gasteiger charge is 2.38. The number of hydrogen-bond donors (Lipinski definition) is 1. The molecule has 39 heavy (non-hydrogen) atoms. The SMILES string of the molecule is C=CC(=O)N1CCN(c2nc(NN(C(=O)c3cccc(OC)c3)C3CCN(C)CC3)ncc2C(F)(F)F)CC1. The highest BCUT2D eigenvalue weighted by Crippen LogP contribution is 2.36. The first-order valence-corrected chi connectivity index (χ1v) is 12.6. The lowest BCUT2D eigenvalue weighted by atomic mass is 10.0. The van der Waals surface area contributed by atoms with E-state index in [2.05, 4.69) is 26.9 Å². The highest BCUT2D eigenvalue weighted by molar-refractivity contribution is 5.95. The molecular formula is C26H32F3N7O3. The number of carbonyl (C=O) groups is 2. The van der Waals surface area contributed by atoms with Crippen molar-refractivity contribution in [2.75, 3.05) is 63.8 Å². The van der Waals surface area contributed by atoms with Crippen LogP contribution in [-0.2, 0) is 11.0 Å². The van der Waals surface area contributed by atoms with Gasteiger partial charge in [0.05, 0.1) is 13.2 Å². The lowest BCUT2D eigenvalue weighted by Gasteiger charge is -2.38. The third-order valence-electron chi connectivity index (χ3n) is 6.95. The number of hydrazine groups is 1. The molecule has 2 saturated heterocycles. The Bertz CT molecular complexity index is 1190. The number of methoxy groups -OCH3 is 1. The van der Waals surface area contributed by atoms with Gasteiger partial charge in [-0.05, 0) is 57.3 Å². The van der Waals surface area contributed by atoms with Crippen LogP contribution in [0.25, 0.3) is 0 Å². The van der Waals surface area contributed by atoms with E-state index < -0.39 is 11.7 Å². The van der Waals surface area contributed by atoms with Gasteiger partial charge in [0.2, 0.25) is 11.9 Å². The molecule has 4 rings (SSSR count). The second-order valence-corrected chi connectivity index (χ2v) is 9.50. The number of hydrogen-bond acceptors (Lipinski definition) is 8. The van der Waals surface area contributed by atoms with E-state index in [4.69, 9.17) is 4.74 Å². The fourth-order valence-corrected chi connectivity index (χ4v) is 4.70. The number of amides is 2. The number of piperidine rings is 1. The van der Waals surface area contributed by atoms with Crippen molar-refractivity contribution in [2.24, 2.45) is 0 Å². The van der Waals surface area contributed by atoms with E-state index in [1.54, 1.807) is 24.3 Å². The molecule has 0 saturated carbocycles. The van der Waals surface area contributed by atoms with Crippen molar-refractivity contribution >= 4 is 23.6 Å². The number of piperazine rings is 1. The Balaban J connectivity index is 1.64. The van der Waals surface area contributed by atoms with Crippen LogP contribution in [-0.4, -0.2) is 96.1 Å². The van der Waals surface area contributed by atoms with Crippen LogP contribution in [0.5, 0.6) is 5.75 Å². The van der Waals surface area contributed by atoms with Gasteiger partial charge in [0.15, 0.2) is 0 Å². The van der Waals surface area contributed by atoms with Crippen LogP contribution in [0, 0.1) is 0 Å². The predicted molar refractivity (Wildman–Crippen MR) is 139 cm³/mol. The van der Waals surface area contributed by atoms with E-state index in [0.717, 1.165) is 19.3 Å². The maximum absolute atomic E-state index is 13.9. The van der Waals surface area contributed by atoms with Gasteiger partial charge in [-0.1, -0.05) is 12.6 Å². The number of nitrogens with zero attached hydrogens (tertiary/aromatic N) is 6. The summed E-state index contributed by atoms with van der Waals surface area (Å²) in [6, 6.07) is 6.44. The third kappa shape index (κ3) is 6.59. The number of alkyl halides is 3. The van der Waals surface area contributed by atoms with Crippen molar-refractivity contribution < 1.29 is 27.5 Å². The summed E-state index contributed by atoms with van der Waals surface area (Å²) in [6.45, 7) is 5.73. The normalized spacial score (nSPS) is 17.1. The standard InChI is InChI=1S/C26H32F3N7O3/c1-4-22(37)34-12-14-35(15-13-34)23-21(26(27,28)29)17-30-25(31-23)32-36(19-8-10-33(2)11-9-19)24(38)18-6-5-7-20(16-18)39-3/h4-7,16-17,19H,1,8-15H2,2-3H3,(H,30,31,32). The fraction of sp³-hybridized carbons (Fsp3) is 0.462. The molecule has 2 aliphatic rings. The average molecular weight is 548 g/mol. The van der Waals surface area contributed by atoms with Gasteiger partial charge in [-0.3, -0.25) is 15.0 Å². The third-order valence-corrected chi connectivity index (χ3v) is 6.95. The smallest absolute Gasteiger partial charge is 0.421 e. The Labute approximate surface area is 225 Å². The van der Waals surface area contributed by atoms with Gasteiger partial charge in [-0.2, -0.15) is 18.2 Å². The zero-order chi connectivity index (χ0) is 28.2. The average Bonchev–Trinajstić information content (AvgIpc) is 2.95. The summed E-state index contributed by atoms with van der Waals surface area (Å²) in [5.41, 5.74) is 2.30. The molecular weight excluding hydrogens is 515 g/mol. The number of carbonyl (C=O) groups excluding carboxylic acids is 2. The number of aromatic nitrogens is 2. The van der Waals surface area contributed by atoms with Crippen molar-refractivity contribution in [3.63, 3.8) is 0 Å². The van der Waals surface area contributed by atoms with E-state index in [-0.39, 0.29) is 55.8 Å². The lowest BCUT2D eigenvalue weighted by Crippen LogP contribution is -2.50. The van der Waals surface area contributed by atoms with E-state index in [1.165, 1.54) is 28.0 Å². The summed E-state index contributed by atoms with van der Waals surface area (Å²) in [6.07, 6.45) is -1.46. The molecule has 10 nitrogen and oxygen atoms in total. The van der Waals surface area contributed by atoms with E-state index >= 15 is 0 Å². The molecule has 0 spiro atoms. The minimum absolute atomic E-state index is 0.127. The first-order valence-electron chi connectivity index (χ1n) is 12.6. The molecule has 0 radical (unpaired) electrons. The zero-order valence-electron chi connectivity index (χ0n) is 21.9. The lowest BCUT2D eigenvalue weighted by molar-refractivity contribution is -0.137. The number of likely N-dealkylation sites (tertiary alicyclic amines) is 1. The Morgan fingerprint density at radius 3 is 2.46 bits per heavy atom. The maximum atomic E-state index is 13.9. The second kappa shape index (κ2) is 11.9. The summed E-state index contributed by atoms with van der Waals surface area (Å²) >= 11 is 0. The molecule has 3 heterocycles. The molecule has 0 aliphatic carbocycles. The monoisotopic (exact) mass is 547 g/mol. The molecule has 1 aromatic heterocycles. The Hall–Kier alpha value is -3.87. The quantitative estimate of drug-likeness (QED) is 0.418. The molecule has 210 valence electrons. The number of benzene rings is 1. The Kier molecular flexibility index (Phi) is 8.58. The van der Waals surface area contributed by atoms with Crippen LogP contribution in [0.2, 0.25) is 0 Å². The molecule has 0 bridgehead atoms. The van der Waals surface area contributed by atoms with Gasteiger partial charge in [0.25, 0.3) is 5.91 Å². The van der Waals surface area contributed by atoms with Crippen LogP contribution in [0.1, 0.15) is 28.8 Å². The maximum Gasteiger partial charge on any atom is 0.421 e. The fourth-order valence-electron chi connectivity index (χ4n) is 4.70. The van der Waals surface area contributed by atoms with Gasteiger partial charge in [0, 0.05) is 37.9 Å². The Morgan fingerprint density at radius 1 is 1.15 bits per heavy atom. The summed E-state index contributed by atoms with van der Waals surface area (Å²) in [7, 11) is 3.49. The van der Waals surface area contributed by atoms with Crippen molar-refractivity contribution in [3.8, 4) is 5.75 Å². The number of anilines is 2. The van der Waals surface area contributed by atoms with Gasteiger partial charge < -0.3 is 19.4 Å². The zero-order valence-corrected chi connectivity index (χ0v) is 21.9. The number of halogens is 3. The van der Waals surface area contributed by atoms with Crippen molar-refractivity contribution in [1.29, 1.82) is 0 Å². The van der Waals surface area contributed by atoms with Crippen LogP contribution >= 0.6 is 0 Å².